The summed E-state index contributed by atoms with van der Waals surface area (Å²) in [6.45, 7) is 5.62. The van der Waals surface area contributed by atoms with E-state index >= 15 is 0 Å². The molecule has 2 atom stereocenters. The third-order valence-electron chi connectivity index (χ3n) is 4.63. The average molecular weight is 393 g/mol. The summed E-state index contributed by atoms with van der Waals surface area (Å²) in [4.78, 5) is 25.7. The molecule has 6 heteroatoms. The zero-order valence-corrected chi connectivity index (χ0v) is 16.0. The monoisotopic (exact) mass is 392 g/mol. The molecule has 136 valence electrons. The molecule has 4 nitrogen and oxygen atoms in total. The van der Waals surface area contributed by atoms with Crippen molar-refractivity contribution in [1.29, 1.82) is 0 Å². The first kappa shape index (κ1) is 18.9. The van der Waals surface area contributed by atoms with Crippen molar-refractivity contribution in [2.45, 2.75) is 32.3 Å². The summed E-state index contributed by atoms with van der Waals surface area (Å²) >= 11 is 12.4. The summed E-state index contributed by atoms with van der Waals surface area (Å²) in [5.74, 6) is -1.32. The Morgan fingerprint density at radius 3 is 2.23 bits per heavy atom. The van der Waals surface area contributed by atoms with E-state index in [2.05, 4.69) is 0 Å². The highest BCUT2D eigenvalue weighted by Gasteiger charge is 2.41. The van der Waals surface area contributed by atoms with Crippen LogP contribution in [0.15, 0.2) is 52.1 Å². The van der Waals surface area contributed by atoms with Gasteiger partial charge in [-0.2, -0.15) is 0 Å². The predicted molar refractivity (Wildman–Crippen MR) is 101 cm³/mol. The molecule has 0 aliphatic heterocycles. The molecule has 0 radical (unpaired) electrons. The number of allylic oxidation sites excluding steroid dienone is 4. The number of carbonyl (C=O) groups excluding carboxylic acids is 2. The second kappa shape index (κ2) is 6.38. The Balaban J connectivity index is 2.33. The Morgan fingerprint density at radius 2 is 1.65 bits per heavy atom. The summed E-state index contributed by atoms with van der Waals surface area (Å²) in [5.41, 5.74) is 0.538. The van der Waals surface area contributed by atoms with Crippen molar-refractivity contribution in [2.24, 2.45) is 5.41 Å². The third-order valence-corrected chi connectivity index (χ3v) is 5.43. The van der Waals surface area contributed by atoms with E-state index in [9.17, 15) is 19.8 Å². The van der Waals surface area contributed by atoms with E-state index in [-0.39, 0.29) is 27.5 Å². The van der Waals surface area contributed by atoms with Crippen LogP contribution in [-0.4, -0.2) is 33.3 Å². The smallest absolute Gasteiger partial charge is 0.196 e. The Labute approximate surface area is 161 Å². The molecule has 0 spiro atoms. The molecule has 1 aromatic rings. The van der Waals surface area contributed by atoms with Crippen LogP contribution >= 0.6 is 23.2 Å². The van der Waals surface area contributed by atoms with Crippen LogP contribution in [-0.2, 0) is 4.79 Å². The van der Waals surface area contributed by atoms with E-state index in [0.29, 0.717) is 11.1 Å². The average Bonchev–Trinajstić information content (AvgIpc) is 2.58. The molecule has 1 aromatic carbocycles. The fourth-order valence-corrected chi connectivity index (χ4v) is 3.76. The van der Waals surface area contributed by atoms with Crippen molar-refractivity contribution in [3.8, 4) is 0 Å². The number of halogens is 2. The van der Waals surface area contributed by atoms with Gasteiger partial charge in [0.15, 0.2) is 11.6 Å². The maximum Gasteiger partial charge on any atom is 0.196 e. The topological polar surface area (TPSA) is 74.6 Å². The van der Waals surface area contributed by atoms with Crippen LogP contribution in [0.25, 0.3) is 5.76 Å². The number of Topliss-reactive ketones (excluding diaryl/α,β-unsaturated/α-hetero) is 2. The summed E-state index contributed by atoms with van der Waals surface area (Å²) in [6, 6.07) is 6.49. The van der Waals surface area contributed by atoms with Gasteiger partial charge in [0.05, 0.1) is 16.7 Å². The number of aliphatic hydroxyl groups is 2. The molecule has 0 aromatic heterocycles. The lowest BCUT2D eigenvalue weighted by molar-refractivity contribution is -0.116. The van der Waals surface area contributed by atoms with E-state index in [1.807, 2.05) is 20.8 Å². The second-order valence-corrected chi connectivity index (χ2v) is 8.23. The van der Waals surface area contributed by atoms with Crippen LogP contribution in [0, 0.1) is 5.41 Å². The van der Waals surface area contributed by atoms with E-state index in [1.165, 1.54) is 6.08 Å². The number of alkyl halides is 1. The zero-order valence-electron chi connectivity index (χ0n) is 14.5. The van der Waals surface area contributed by atoms with Crippen molar-refractivity contribution in [2.75, 3.05) is 0 Å². The Hall–Kier alpha value is -1.88. The number of hydrogen-bond donors (Lipinski definition) is 2. The number of hydrogen-bond acceptors (Lipinski definition) is 4. The minimum atomic E-state index is -1.23. The Bertz CT molecular complexity index is 916. The summed E-state index contributed by atoms with van der Waals surface area (Å²) in [5, 5.41) is 19.4. The largest absolute Gasteiger partial charge is 0.506 e. The Kier molecular flexibility index (Phi) is 4.63. The van der Waals surface area contributed by atoms with E-state index in [0.717, 1.165) is 0 Å². The highest BCUT2D eigenvalue weighted by atomic mass is 35.5. The van der Waals surface area contributed by atoms with Gasteiger partial charge < -0.3 is 10.2 Å². The van der Waals surface area contributed by atoms with Crippen LogP contribution in [0.3, 0.4) is 0 Å². The van der Waals surface area contributed by atoms with Crippen LogP contribution in [0.4, 0.5) is 0 Å². The lowest BCUT2D eigenvalue weighted by atomic mass is 9.75. The minimum Gasteiger partial charge on any atom is -0.506 e. The second-order valence-electron chi connectivity index (χ2n) is 7.39. The zero-order chi connectivity index (χ0) is 19.4. The standard InChI is InChI=1S/C20H18Cl2O4/c1-20(2,3)12-8-11(18(25)15(22)19(12)26)13-14(21)17(24)10-7-5-4-6-9(10)16(13)23/h4-8,15,19,24,26H,1-3H3/b13-11-. The van der Waals surface area contributed by atoms with Crippen molar-refractivity contribution in [3.63, 3.8) is 0 Å². The molecule has 0 fully saturated rings. The van der Waals surface area contributed by atoms with Crippen molar-refractivity contribution < 1.29 is 19.8 Å². The fraction of sp³-hybridized carbons (Fsp3) is 0.300. The fourth-order valence-electron chi connectivity index (χ4n) is 3.22. The summed E-state index contributed by atoms with van der Waals surface area (Å²) in [6.07, 6.45) is 0.318. The molecule has 0 saturated heterocycles. The number of benzene rings is 1. The molecule has 2 aliphatic rings. The maximum atomic E-state index is 13.0. The van der Waals surface area contributed by atoms with Crippen molar-refractivity contribution >= 4 is 40.5 Å². The van der Waals surface area contributed by atoms with Gasteiger partial charge in [-0.1, -0.05) is 56.6 Å². The molecule has 0 heterocycles. The van der Waals surface area contributed by atoms with Gasteiger partial charge in [-0.3, -0.25) is 9.59 Å². The highest BCUT2D eigenvalue weighted by Crippen LogP contribution is 2.42. The highest BCUT2D eigenvalue weighted by molar-refractivity contribution is 6.43. The molecule has 2 unspecified atom stereocenters. The number of fused-ring (bicyclic) bond motifs is 1. The van der Waals surface area contributed by atoms with Gasteiger partial charge >= 0.3 is 0 Å². The predicted octanol–water partition coefficient (Wildman–Crippen LogP) is 4.17. The summed E-state index contributed by atoms with van der Waals surface area (Å²) in [7, 11) is 0. The number of rotatable bonds is 0. The first-order chi connectivity index (χ1) is 12.1. The molecule has 0 bridgehead atoms. The molecule has 0 saturated carbocycles. The van der Waals surface area contributed by atoms with Gasteiger partial charge in [0.25, 0.3) is 0 Å². The first-order valence-electron chi connectivity index (χ1n) is 8.11. The molecular formula is C20H18Cl2O4. The van der Waals surface area contributed by atoms with Crippen LogP contribution < -0.4 is 0 Å². The molecule has 2 N–H and O–H groups in total. The molecule has 26 heavy (non-hydrogen) atoms. The SMILES string of the molecule is CC(C)(C)C1=C/C(=C2/C(=O)c3ccccc3C(O)=C2Cl)C(=O)C(Cl)C1O. The maximum absolute atomic E-state index is 13.0. The van der Waals surface area contributed by atoms with Gasteiger partial charge in [-0.05, 0) is 17.1 Å². The lowest BCUT2D eigenvalue weighted by Crippen LogP contribution is -2.40. The normalized spacial score (nSPS) is 26.8. The van der Waals surface area contributed by atoms with Gasteiger partial charge in [0.1, 0.15) is 11.1 Å². The van der Waals surface area contributed by atoms with E-state index < -0.39 is 28.5 Å². The third kappa shape index (κ3) is 2.82. The van der Waals surface area contributed by atoms with Crippen molar-refractivity contribution in [3.05, 3.63) is 63.2 Å². The van der Waals surface area contributed by atoms with Crippen LogP contribution in [0.1, 0.15) is 36.7 Å². The van der Waals surface area contributed by atoms with E-state index in [1.54, 1.807) is 24.3 Å². The van der Waals surface area contributed by atoms with Gasteiger partial charge in [0, 0.05) is 16.7 Å². The van der Waals surface area contributed by atoms with Gasteiger partial charge in [-0.25, -0.2) is 0 Å². The van der Waals surface area contributed by atoms with Crippen LogP contribution in [0.5, 0.6) is 0 Å². The molecular weight excluding hydrogens is 375 g/mol. The quantitative estimate of drug-likeness (QED) is 0.513. The van der Waals surface area contributed by atoms with Crippen molar-refractivity contribution in [1.82, 2.24) is 0 Å². The van der Waals surface area contributed by atoms with Gasteiger partial charge in [-0.15, -0.1) is 11.6 Å². The number of carbonyl (C=O) groups is 2. The summed E-state index contributed by atoms with van der Waals surface area (Å²) < 4.78 is 0. The number of aliphatic hydroxyl groups excluding tert-OH is 2. The molecule has 3 rings (SSSR count). The van der Waals surface area contributed by atoms with Crippen LogP contribution in [0.2, 0.25) is 0 Å². The molecule has 0 amide bonds. The van der Waals surface area contributed by atoms with E-state index in [4.69, 9.17) is 23.2 Å². The minimum absolute atomic E-state index is 0.0104. The first-order valence-corrected chi connectivity index (χ1v) is 8.93. The van der Waals surface area contributed by atoms with Gasteiger partial charge in [0.2, 0.25) is 0 Å². The lowest BCUT2D eigenvalue weighted by Gasteiger charge is -2.34. The number of ketones is 2. The Morgan fingerprint density at radius 1 is 1.08 bits per heavy atom. The molecule has 2 aliphatic carbocycles.